The first-order chi connectivity index (χ1) is 24.8. The fourth-order valence-electron chi connectivity index (χ4n) is 7.19. The summed E-state index contributed by atoms with van der Waals surface area (Å²) in [4.78, 5) is 19.1. The molecule has 5 heterocycles. The molecule has 2 fully saturated rings. The Balaban J connectivity index is 1.23. The van der Waals surface area contributed by atoms with Crippen LogP contribution in [0.5, 0.6) is 11.8 Å². The maximum Gasteiger partial charge on any atom is 0.452 e. The second kappa shape index (κ2) is 12.9. The summed E-state index contributed by atoms with van der Waals surface area (Å²) in [5, 5.41) is 17.6. The first-order valence-corrected chi connectivity index (χ1v) is 18.7. The fourth-order valence-corrected chi connectivity index (χ4v) is 8.81. The van der Waals surface area contributed by atoms with Gasteiger partial charge in [0.05, 0.1) is 12.0 Å². The molecule has 1 aromatic carbocycles. The summed E-state index contributed by atoms with van der Waals surface area (Å²) >= 11 is 0. The predicted molar refractivity (Wildman–Crippen MR) is 183 cm³/mol. The Hall–Kier alpha value is -4.35. The molecular formula is C36H40F4N6O6S. The molecule has 3 aromatic heterocycles. The fraction of sp³-hybridized carbons (Fsp3) is 0.500. The van der Waals surface area contributed by atoms with Gasteiger partial charge in [-0.15, -0.1) is 10.2 Å². The van der Waals surface area contributed by atoms with Gasteiger partial charge in [0.2, 0.25) is 27.6 Å². The van der Waals surface area contributed by atoms with Gasteiger partial charge in [-0.25, -0.2) is 12.8 Å². The Kier molecular flexibility index (Phi) is 9.00. The van der Waals surface area contributed by atoms with E-state index in [-0.39, 0.29) is 42.0 Å². The van der Waals surface area contributed by atoms with Gasteiger partial charge in [0, 0.05) is 43.9 Å². The van der Waals surface area contributed by atoms with Crippen LogP contribution < -0.4 is 9.47 Å². The number of halogens is 4. The number of hydrogen-bond donors (Lipinski definition) is 1. The number of carbonyl (C=O) groups is 1. The second-order valence-electron chi connectivity index (χ2n) is 14.9. The van der Waals surface area contributed by atoms with Crippen LogP contribution in [0.2, 0.25) is 0 Å². The molecule has 3 aliphatic rings. The van der Waals surface area contributed by atoms with Crippen LogP contribution in [0.25, 0.3) is 5.65 Å². The molecule has 17 heteroatoms. The summed E-state index contributed by atoms with van der Waals surface area (Å²) in [5.74, 6) is -3.01. The van der Waals surface area contributed by atoms with E-state index in [9.17, 15) is 35.9 Å². The topological polar surface area (TPSA) is 139 Å². The van der Waals surface area contributed by atoms with Crippen molar-refractivity contribution in [2.45, 2.75) is 82.8 Å². The lowest BCUT2D eigenvalue weighted by Gasteiger charge is -2.33. The van der Waals surface area contributed by atoms with Gasteiger partial charge >= 0.3 is 12.1 Å². The zero-order chi connectivity index (χ0) is 38.2. The third-order valence-corrected chi connectivity index (χ3v) is 12.4. The van der Waals surface area contributed by atoms with Gasteiger partial charge in [-0.2, -0.15) is 22.5 Å². The molecule has 284 valence electrons. The molecule has 1 atom stereocenters. The summed E-state index contributed by atoms with van der Waals surface area (Å²) < 4.78 is 97.3. The van der Waals surface area contributed by atoms with Gasteiger partial charge in [0.25, 0.3) is 0 Å². The number of rotatable bonds is 10. The number of pyridine rings is 2. The minimum atomic E-state index is -4.75. The van der Waals surface area contributed by atoms with E-state index in [0.717, 1.165) is 9.96 Å². The number of carboxylic acids is 1. The molecule has 0 radical (unpaired) electrons. The van der Waals surface area contributed by atoms with Crippen molar-refractivity contribution in [3.8, 4) is 11.8 Å². The van der Waals surface area contributed by atoms with Gasteiger partial charge in [-0.1, -0.05) is 18.2 Å². The van der Waals surface area contributed by atoms with Crippen molar-refractivity contribution in [2.24, 2.45) is 5.41 Å². The van der Waals surface area contributed by atoms with E-state index in [1.807, 2.05) is 11.8 Å². The van der Waals surface area contributed by atoms with Crippen LogP contribution in [0.1, 0.15) is 71.8 Å². The van der Waals surface area contributed by atoms with Crippen molar-refractivity contribution >= 4 is 21.6 Å². The molecule has 53 heavy (non-hydrogen) atoms. The molecule has 1 spiro atoms. The molecule has 1 saturated heterocycles. The van der Waals surface area contributed by atoms with Crippen LogP contribution in [0.4, 0.5) is 17.6 Å². The number of carboxylic acid groups (broad SMARTS) is 1. The van der Waals surface area contributed by atoms with E-state index in [1.54, 1.807) is 32.0 Å². The Labute approximate surface area is 303 Å². The van der Waals surface area contributed by atoms with Gasteiger partial charge in [0.15, 0.2) is 5.65 Å². The number of aliphatic carboxylic acids is 1. The Morgan fingerprint density at radius 1 is 1.09 bits per heavy atom. The number of nitrogens with zero attached hydrogens (tertiary/aromatic N) is 6. The molecule has 1 unspecified atom stereocenters. The van der Waals surface area contributed by atoms with Crippen LogP contribution in [-0.4, -0.2) is 92.8 Å². The first-order valence-electron chi connectivity index (χ1n) is 17.2. The Morgan fingerprint density at radius 2 is 1.81 bits per heavy atom. The number of fused-ring (bicyclic) bond motifs is 2. The van der Waals surface area contributed by atoms with Crippen LogP contribution in [-0.2, 0) is 27.5 Å². The third-order valence-electron chi connectivity index (χ3n) is 10.6. The molecule has 12 nitrogen and oxygen atoms in total. The van der Waals surface area contributed by atoms with Crippen LogP contribution in [0, 0.1) is 26.2 Å². The SMILES string of the molecule is Cc1ccc(C(c2ccn3c(C(F)(F)F)nnc3c2C)C(C)(C)C(=O)O)cc1CN1CC2(CC2)Oc2nc(OCCN3CC(F)C3)c(C)cc2S1(=O)=O. The zero-order valence-electron chi connectivity index (χ0n) is 29.9. The van der Waals surface area contributed by atoms with Gasteiger partial charge in [-0.05, 0) is 87.4 Å². The van der Waals surface area contributed by atoms with Gasteiger partial charge in [-0.3, -0.25) is 14.1 Å². The van der Waals surface area contributed by atoms with E-state index in [0.29, 0.717) is 60.3 Å². The molecule has 0 amide bonds. The van der Waals surface area contributed by atoms with Crippen molar-refractivity contribution in [1.82, 2.24) is 28.8 Å². The zero-order valence-corrected chi connectivity index (χ0v) is 30.7. The first kappa shape index (κ1) is 37.0. The molecule has 1 saturated carbocycles. The van der Waals surface area contributed by atoms with Crippen LogP contribution in [0.3, 0.4) is 0 Å². The molecule has 0 bridgehead atoms. The molecule has 4 aromatic rings. The summed E-state index contributed by atoms with van der Waals surface area (Å²) in [5.41, 5.74) is 0.865. The van der Waals surface area contributed by atoms with E-state index in [2.05, 4.69) is 15.2 Å². The van der Waals surface area contributed by atoms with E-state index >= 15 is 0 Å². The predicted octanol–water partition coefficient (Wildman–Crippen LogP) is 5.46. The van der Waals surface area contributed by atoms with Crippen LogP contribution in [0.15, 0.2) is 41.4 Å². The largest absolute Gasteiger partial charge is 0.481 e. The van der Waals surface area contributed by atoms with Crippen molar-refractivity contribution in [1.29, 1.82) is 0 Å². The van der Waals surface area contributed by atoms with E-state index < -0.39 is 51.1 Å². The molecule has 7 rings (SSSR count). The maximum absolute atomic E-state index is 14.4. The number of alkyl halides is 4. The highest BCUT2D eigenvalue weighted by atomic mass is 32.2. The lowest BCUT2D eigenvalue weighted by molar-refractivity contribution is -0.147. The monoisotopic (exact) mass is 760 g/mol. The van der Waals surface area contributed by atoms with Crippen molar-refractivity contribution in [3.63, 3.8) is 0 Å². The highest BCUT2D eigenvalue weighted by Gasteiger charge is 2.53. The third kappa shape index (κ3) is 6.71. The normalized spacial score (nSPS) is 19.3. The van der Waals surface area contributed by atoms with E-state index in [1.165, 1.54) is 36.5 Å². The second-order valence-corrected chi connectivity index (χ2v) is 16.8. The number of sulfonamides is 1. The van der Waals surface area contributed by atoms with E-state index in [4.69, 9.17) is 9.47 Å². The smallest absolute Gasteiger partial charge is 0.452 e. The average molecular weight is 761 g/mol. The van der Waals surface area contributed by atoms with Crippen molar-refractivity contribution in [3.05, 3.63) is 75.7 Å². The standard InChI is InChI=1S/C36H40F4N6O6S/c1-20-6-7-23(28(34(4,5)33(47)48)26-8-11-46-29(22(26)3)42-43-32(46)36(38,39)40)15-24(20)16-45-19-35(9-10-35)52-31-27(53(45,49)50)14-21(2)30(41-31)51-13-12-44-17-25(37)18-44/h6-8,11,14-15,25,28H,9-10,12-13,16-19H2,1-5H3,(H,47,48). The lowest BCUT2D eigenvalue weighted by atomic mass is 9.70. The number of ether oxygens (including phenoxy) is 2. The Bertz CT molecular complexity index is 2220. The number of likely N-dealkylation sites (tertiary alicyclic amines) is 1. The number of aryl methyl sites for hydroxylation is 3. The molecule has 1 N–H and O–H groups in total. The molecule has 2 aliphatic heterocycles. The summed E-state index contributed by atoms with van der Waals surface area (Å²) in [6, 6.07) is 8.26. The van der Waals surface area contributed by atoms with Gasteiger partial charge < -0.3 is 14.6 Å². The van der Waals surface area contributed by atoms with Crippen molar-refractivity contribution < 1.29 is 45.4 Å². The summed E-state index contributed by atoms with van der Waals surface area (Å²) in [7, 11) is -4.17. The summed E-state index contributed by atoms with van der Waals surface area (Å²) in [6.07, 6.45) is -3.18. The maximum atomic E-state index is 14.4. The number of aromatic nitrogens is 4. The Morgan fingerprint density at radius 3 is 2.45 bits per heavy atom. The number of hydrogen-bond acceptors (Lipinski definition) is 9. The quantitative estimate of drug-likeness (QED) is 0.208. The average Bonchev–Trinajstić information content (AvgIpc) is 3.67. The number of benzene rings is 1. The van der Waals surface area contributed by atoms with Crippen LogP contribution >= 0.6 is 0 Å². The molecular weight excluding hydrogens is 720 g/mol. The lowest BCUT2D eigenvalue weighted by Crippen LogP contribution is -2.49. The summed E-state index contributed by atoms with van der Waals surface area (Å²) in [6.45, 7) is 9.63. The van der Waals surface area contributed by atoms with Crippen molar-refractivity contribution in [2.75, 3.05) is 32.8 Å². The highest BCUT2D eigenvalue weighted by molar-refractivity contribution is 7.89. The minimum absolute atomic E-state index is 0.0415. The van der Waals surface area contributed by atoms with Gasteiger partial charge in [0.1, 0.15) is 23.3 Å². The minimum Gasteiger partial charge on any atom is -0.481 e. The highest BCUT2D eigenvalue weighted by Crippen LogP contribution is 2.48. The molecule has 1 aliphatic carbocycles.